The average molecular weight is 448 g/mol. The van der Waals surface area contributed by atoms with Crippen LogP contribution in [0.15, 0.2) is 47.1 Å². The van der Waals surface area contributed by atoms with E-state index in [1.807, 2.05) is 17.0 Å². The van der Waals surface area contributed by atoms with Crippen molar-refractivity contribution < 1.29 is 27.9 Å². The highest BCUT2D eigenvalue weighted by Crippen LogP contribution is 2.25. The van der Waals surface area contributed by atoms with Crippen molar-refractivity contribution in [1.29, 1.82) is 0 Å². The lowest BCUT2D eigenvalue weighted by atomic mass is 10.1. The zero-order valence-electron chi connectivity index (χ0n) is 18.3. The number of nitrogens with one attached hydrogen (secondary N) is 2. The highest BCUT2D eigenvalue weighted by Gasteiger charge is 2.29. The molecule has 10 heteroatoms. The predicted octanol–water partition coefficient (Wildman–Crippen LogP) is 1.13. The van der Waals surface area contributed by atoms with Crippen LogP contribution in [0.4, 0.5) is 10.1 Å². The van der Waals surface area contributed by atoms with Gasteiger partial charge < -0.3 is 29.4 Å². The van der Waals surface area contributed by atoms with Gasteiger partial charge in [0.25, 0.3) is 0 Å². The van der Waals surface area contributed by atoms with Crippen LogP contribution in [-0.2, 0) is 19.1 Å². The van der Waals surface area contributed by atoms with E-state index in [4.69, 9.17) is 13.9 Å². The Bertz CT molecular complexity index is 867. The van der Waals surface area contributed by atoms with Crippen LogP contribution in [0.2, 0.25) is 0 Å². The third kappa shape index (κ3) is 6.06. The average Bonchev–Trinajstić information content (AvgIpc) is 3.35. The van der Waals surface area contributed by atoms with Gasteiger partial charge in [-0.15, -0.1) is 0 Å². The first kappa shape index (κ1) is 23.7. The molecule has 0 unspecified atom stereocenters. The number of carbonyl (C=O) groups excluding carboxylic acids is 2. The number of amides is 2. The number of piperazine rings is 1. The number of hydrogen-bond acceptors (Lipinski definition) is 7. The van der Waals surface area contributed by atoms with E-state index in [1.165, 1.54) is 20.3 Å². The molecule has 1 saturated heterocycles. The minimum atomic E-state index is -0.772. The Morgan fingerprint density at radius 2 is 1.66 bits per heavy atom. The lowest BCUT2D eigenvalue weighted by molar-refractivity contribution is -0.141. The summed E-state index contributed by atoms with van der Waals surface area (Å²) in [6, 6.07) is 10.1. The summed E-state index contributed by atoms with van der Waals surface area (Å²) in [6.45, 7) is 2.79. The monoisotopic (exact) mass is 448 g/mol. The molecule has 1 aromatic carbocycles. The largest absolute Gasteiger partial charge is 0.468 e. The summed E-state index contributed by atoms with van der Waals surface area (Å²) in [4.78, 5) is 28.5. The van der Waals surface area contributed by atoms with Gasteiger partial charge in [-0.25, -0.2) is 4.39 Å². The summed E-state index contributed by atoms with van der Waals surface area (Å²) in [6.07, 6.45) is 0.940. The maximum Gasteiger partial charge on any atom is 0.309 e. The minimum Gasteiger partial charge on any atom is -0.468 e. The van der Waals surface area contributed by atoms with E-state index in [1.54, 1.807) is 24.5 Å². The molecular weight excluding hydrogens is 419 g/mol. The second-order valence-corrected chi connectivity index (χ2v) is 7.33. The second-order valence-electron chi connectivity index (χ2n) is 7.33. The molecule has 2 N–H and O–H groups in total. The lowest BCUT2D eigenvalue weighted by Gasteiger charge is -2.39. The Balaban J connectivity index is 1.57. The molecule has 1 aliphatic heterocycles. The van der Waals surface area contributed by atoms with Gasteiger partial charge in [0, 0.05) is 46.9 Å². The molecule has 1 atom stereocenters. The van der Waals surface area contributed by atoms with E-state index in [-0.39, 0.29) is 24.9 Å². The van der Waals surface area contributed by atoms with E-state index < -0.39 is 18.1 Å². The third-order valence-electron chi connectivity index (χ3n) is 5.44. The predicted molar refractivity (Wildman–Crippen MR) is 115 cm³/mol. The van der Waals surface area contributed by atoms with Crippen molar-refractivity contribution in [1.82, 2.24) is 15.5 Å². The molecule has 0 saturated carbocycles. The molecule has 0 aliphatic carbocycles. The molecule has 1 fully saturated rings. The van der Waals surface area contributed by atoms with Crippen molar-refractivity contribution in [2.24, 2.45) is 0 Å². The summed E-state index contributed by atoms with van der Waals surface area (Å²) in [5.74, 6) is -1.08. The number of rotatable bonds is 9. The van der Waals surface area contributed by atoms with Gasteiger partial charge in [-0.2, -0.15) is 0 Å². The smallest absolute Gasteiger partial charge is 0.309 e. The van der Waals surface area contributed by atoms with Crippen molar-refractivity contribution in [3.63, 3.8) is 0 Å². The van der Waals surface area contributed by atoms with Crippen LogP contribution in [0.3, 0.4) is 0 Å². The molecule has 174 valence electrons. The molecule has 2 aromatic rings. The van der Waals surface area contributed by atoms with Gasteiger partial charge in [-0.3, -0.25) is 14.5 Å². The Hall–Kier alpha value is -2.95. The maximum absolute atomic E-state index is 14.1. The zero-order chi connectivity index (χ0) is 22.9. The Labute approximate surface area is 186 Å². The second kappa shape index (κ2) is 11.6. The lowest BCUT2D eigenvalue weighted by Crippen LogP contribution is -2.51. The molecule has 2 heterocycles. The minimum absolute atomic E-state index is 0.0544. The number of hydrogen-bond donors (Lipinski definition) is 2. The van der Waals surface area contributed by atoms with Gasteiger partial charge in [0.05, 0.1) is 24.5 Å². The molecule has 0 spiro atoms. The van der Waals surface area contributed by atoms with Crippen LogP contribution < -0.4 is 15.5 Å². The highest BCUT2D eigenvalue weighted by atomic mass is 19.1. The zero-order valence-corrected chi connectivity index (χ0v) is 18.3. The molecule has 1 aliphatic rings. The van der Waals surface area contributed by atoms with Gasteiger partial charge in [0.2, 0.25) is 0 Å². The number of ether oxygens (including phenoxy) is 2. The molecule has 32 heavy (non-hydrogen) atoms. The van der Waals surface area contributed by atoms with E-state index in [0.29, 0.717) is 37.6 Å². The normalized spacial score (nSPS) is 15.6. The fraction of sp³-hybridized carbons (Fsp3) is 0.455. The van der Waals surface area contributed by atoms with Gasteiger partial charge in [-0.1, -0.05) is 12.1 Å². The fourth-order valence-electron chi connectivity index (χ4n) is 3.66. The Kier molecular flexibility index (Phi) is 8.60. The standard InChI is InChI=1S/C22H29FN4O5/c1-30-20(31-2)15-25-22(29)21(28)24-14-18(19-8-5-13-32-19)27-11-9-26(10-12-27)17-7-4-3-6-16(17)23/h3-8,13,18,20H,9-12,14-15H2,1-2H3,(H,24,28)(H,25,29)/t18-/m0/s1. The summed E-state index contributed by atoms with van der Waals surface area (Å²) in [7, 11) is 2.89. The first-order valence-electron chi connectivity index (χ1n) is 10.4. The Morgan fingerprint density at radius 1 is 1.00 bits per heavy atom. The number of para-hydroxylation sites is 1. The number of methoxy groups -OCH3 is 2. The summed E-state index contributed by atoms with van der Waals surface area (Å²) in [5, 5.41) is 5.14. The summed E-state index contributed by atoms with van der Waals surface area (Å²) < 4.78 is 29.7. The topological polar surface area (TPSA) is 96.3 Å². The van der Waals surface area contributed by atoms with Crippen molar-refractivity contribution in [2.45, 2.75) is 12.3 Å². The molecular formula is C22H29FN4O5. The molecule has 0 radical (unpaired) electrons. The van der Waals surface area contributed by atoms with Crippen LogP contribution in [-0.4, -0.2) is 76.5 Å². The number of benzene rings is 1. The molecule has 2 amide bonds. The van der Waals surface area contributed by atoms with Gasteiger partial charge in [0.15, 0.2) is 6.29 Å². The first-order valence-corrected chi connectivity index (χ1v) is 10.4. The van der Waals surface area contributed by atoms with Crippen LogP contribution >= 0.6 is 0 Å². The fourth-order valence-corrected chi connectivity index (χ4v) is 3.66. The van der Waals surface area contributed by atoms with Crippen LogP contribution in [0.1, 0.15) is 11.8 Å². The van der Waals surface area contributed by atoms with Gasteiger partial charge >= 0.3 is 11.8 Å². The molecule has 9 nitrogen and oxygen atoms in total. The van der Waals surface area contributed by atoms with E-state index in [2.05, 4.69) is 15.5 Å². The van der Waals surface area contributed by atoms with Gasteiger partial charge in [-0.05, 0) is 24.3 Å². The Morgan fingerprint density at radius 3 is 2.25 bits per heavy atom. The maximum atomic E-state index is 14.1. The SMILES string of the molecule is COC(CNC(=O)C(=O)NC[C@@H](c1ccco1)N1CCN(c2ccccc2F)CC1)OC. The number of halogens is 1. The van der Waals surface area contributed by atoms with Crippen molar-refractivity contribution in [3.05, 3.63) is 54.2 Å². The van der Waals surface area contributed by atoms with E-state index in [0.717, 1.165) is 0 Å². The van der Waals surface area contributed by atoms with Crippen LogP contribution in [0, 0.1) is 5.82 Å². The van der Waals surface area contributed by atoms with Crippen LogP contribution in [0.5, 0.6) is 0 Å². The van der Waals surface area contributed by atoms with Crippen LogP contribution in [0.25, 0.3) is 0 Å². The number of furan rings is 1. The summed E-state index contributed by atoms with van der Waals surface area (Å²) >= 11 is 0. The quantitative estimate of drug-likeness (QED) is 0.439. The van der Waals surface area contributed by atoms with E-state index >= 15 is 0 Å². The highest BCUT2D eigenvalue weighted by molar-refractivity contribution is 6.35. The number of carbonyl (C=O) groups is 2. The van der Waals surface area contributed by atoms with Gasteiger partial charge in [0.1, 0.15) is 11.6 Å². The van der Waals surface area contributed by atoms with Crippen molar-refractivity contribution >= 4 is 17.5 Å². The van der Waals surface area contributed by atoms with E-state index in [9.17, 15) is 14.0 Å². The van der Waals surface area contributed by atoms with Crippen molar-refractivity contribution in [3.8, 4) is 0 Å². The first-order chi connectivity index (χ1) is 15.5. The summed E-state index contributed by atoms with van der Waals surface area (Å²) in [5.41, 5.74) is 0.581. The van der Waals surface area contributed by atoms with Crippen molar-refractivity contribution in [2.75, 3.05) is 58.4 Å². The number of anilines is 1. The molecule has 3 rings (SSSR count). The molecule has 1 aromatic heterocycles. The molecule has 0 bridgehead atoms. The third-order valence-corrected chi connectivity index (χ3v) is 5.44. The number of nitrogens with zero attached hydrogens (tertiary/aromatic N) is 2.